The van der Waals surface area contributed by atoms with E-state index in [-0.39, 0.29) is 0 Å². The zero-order chi connectivity index (χ0) is 41.7. The number of nitrogens with zero attached hydrogens (tertiary/aromatic N) is 1. The third-order valence-corrected chi connectivity index (χ3v) is 13.0. The Bertz CT molecular complexity index is 3370. The summed E-state index contributed by atoms with van der Waals surface area (Å²) in [6.45, 7) is 0. The summed E-state index contributed by atoms with van der Waals surface area (Å²) in [7, 11) is 0. The first kappa shape index (κ1) is 36.6. The van der Waals surface area contributed by atoms with Crippen molar-refractivity contribution in [3.8, 4) is 44.5 Å². The topological polar surface area (TPSA) is 16.4 Å². The van der Waals surface area contributed by atoms with Gasteiger partial charge in [-0.05, 0) is 115 Å². The fraction of sp³-hybridized carbons (Fsp3) is 0.0164. The van der Waals surface area contributed by atoms with Crippen molar-refractivity contribution >= 4 is 39.0 Å². The molecule has 0 bridgehead atoms. The van der Waals surface area contributed by atoms with Crippen LogP contribution >= 0.6 is 0 Å². The van der Waals surface area contributed by atoms with Gasteiger partial charge in [0.15, 0.2) is 0 Å². The van der Waals surface area contributed by atoms with E-state index in [0.717, 1.165) is 44.6 Å². The van der Waals surface area contributed by atoms with Crippen LogP contribution in [0.1, 0.15) is 22.3 Å². The first-order valence-corrected chi connectivity index (χ1v) is 21.7. The molecule has 10 aromatic carbocycles. The summed E-state index contributed by atoms with van der Waals surface area (Å²) in [5.74, 6) is 0. The fourth-order valence-electron chi connectivity index (χ4n) is 10.0. The molecule has 0 atom stereocenters. The van der Waals surface area contributed by atoms with Crippen LogP contribution < -0.4 is 4.90 Å². The molecule has 2 heteroatoms. The molecular weight excluding hydrogens is 763 g/mol. The van der Waals surface area contributed by atoms with E-state index in [4.69, 9.17) is 4.42 Å². The van der Waals surface area contributed by atoms with Gasteiger partial charge in [-0.15, -0.1) is 0 Å². The first-order valence-electron chi connectivity index (χ1n) is 21.7. The average Bonchev–Trinajstić information content (AvgIpc) is 3.89. The van der Waals surface area contributed by atoms with Gasteiger partial charge >= 0.3 is 0 Å². The van der Waals surface area contributed by atoms with Crippen molar-refractivity contribution in [2.24, 2.45) is 0 Å². The number of hydrogen-bond donors (Lipinski definition) is 0. The summed E-state index contributed by atoms with van der Waals surface area (Å²) in [4.78, 5) is 2.31. The number of anilines is 3. The van der Waals surface area contributed by atoms with E-state index < -0.39 is 5.41 Å². The molecule has 0 radical (unpaired) electrons. The number of para-hydroxylation sites is 1. The monoisotopic (exact) mass is 803 g/mol. The molecule has 1 heterocycles. The maximum absolute atomic E-state index is 6.37. The van der Waals surface area contributed by atoms with Crippen LogP contribution in [0, 0.1) is 0 Å². The van der Waals surface area contributed by atoms with Crippen LogP contribution in [0.25, 0.3) is 66.4 Å². The predicted octanol–water partition coefficient (Wildman–Crippen LogP) is 16.4. The molecule has 0 aliphatic heterocycles. The highest BCUT2D eigenvalue weighted by atomic mass is 16.3. The van der Waals surface area contributed by atoms with Crippen molar-refractivity contribution < 1.29 is 4.42 Å². The predicted molar refractivity (Wildman–Crippen MR) is 262 cm³/mol. The normalized spacial score (nSPS) is 12.6. The summed E-state index contributed by atoms with van der Waals surface area (Å²) in [6, 6.07) is 90.1. The molecule has 0 unspecified atom stereocenters. The maximum Gasteiger partial charge on any atom is 0.137 e. The molecule has 0 spiro atoms. The molecule has 0 N–H and O–H groups in total. The van der Waals surface area contributed by atoms with Gasteiger partial charge in [-0.3, -0.25) is 0 Å². The SMILES string of the molecule is c1ccc(-c2ccc(N(c3ccc(-c4ccc(-c5cccc(C6(c7ccccc7)c7ccccc7-c7ccccc76)c5)cc4)cc3)c3ccc4c(c3)oc3ccccc34)cc2)cc1. The Labute approximate surface area is 367 Å². The summed E-state index contributed by atoms with van der Waals surface area (Å²) >= 11 is 0. The van der Waals surface area contributed by atoms with Crippen molar-refractivity contribution in [2.45, 2.75) is 5.41 Å². The van der Waals surface area contributed by atoms with Crippen LogP contribution in [-0.4, -0.2) is 0 Å². The van der Waals surface area contributed by atoms with Crippen LogP contribution in [0.4, 0.5) is 17.1 Å². The lowest BCUT2D eigenvalue weighted by Gasteiger charge is -2.34. The van der Waals surface area contributed by atoms with Crippen molar-refractivity contribution in [3.05, 3.63) is 271 Å². The van der Waals surface area contributed by atoms with E-state index in [1.165, 1.54) is 61.2 Å². The number of hydrogen-bond acceptors (Lipinski definition) is 2. The van der Waals surface area contributed by atoms with E-state index in [1.54, 1.807) is 0 Å². The quantitative estimate of drug-likeness (QED) is 0.152. The van der Waals surface area contributed by atoms with Crippen LogP contribution in [0.15, 0.2) is 253 Å². The first-order chi connectivity index (χ1) is 31.2. The highest BCUT2D eigenvalue weighted by Gasteiger charge is 2.45. The highest BCUT2D eigenvalue weighted by Crippen LogP contribution is 2.56. The third kappa shape index (κ3) is 6.10. The molecule has 11 aromatic rings. The lowest BCUT2D eigenvalue weighted by Crippen LogP contribution is -2.28. The minimum atomic E-state index is -0.429. The molecule has 1 aliphatic rings. The van der Waals surface area contributed by atoms with E-state index in [0.29, 0.717) is 0 Å². The Morgan fingerprint density at radius 3 is 1.37 bits per heavy atom. The molecule has 63 heavy (non-hydrogen) atoms. The molecule has 1 aliphatic carbocycles. The Kier molecular flexibility index (Phi) is 8.76. The molecule has 0 amide bonds. The van der Waals surface area contributed by atoms with Crippen LogP contribution in [-0.2, 0) is 5.41 Å². The highest BCUT2D eigenvalue weighted by molar-refractivity contribution is 6.06. The lowest BCUT2D eigenvalue weighted by molar-refractivity contribution is 0.669. The second kappa shape index (κ2) is 15.1. The van der Waals surface area contributed by atoms with Crippen molar-refractivity contribution in [1.29, 1.82) is 0 Å². The largest absolute Gasteiger partial charge is 0.456 e. The van der Waals surface area contributed by atoms with Gasteiger partial charge in [0.05, 0.1) is 5.41 Å². The van der Waals surface area contributed by atoms with Crippen LogP contribution in [0.2, 0.25) is 0 Å². The molecule has 0 fully saturated rings. The second-order valence-electron chi connectivity index (χ2n) is 16.4. The van der Waals surface area contributed by atoms with Gasteiger partial charge in [-0.1, -0.05) is 194 Å². The zero-order valence-electron chi connectivity index (χ0n) is 34.5. The molecule has 296 valence electrons. The van der Waals surface area contributed by atoms with Gasteiger partial charge in [0.2, 0.25) is 0 Å². The van der Waals surface area contributed by atoms with E-state index in [2.05, 4.69) is 241 Å². The van der Waals surface area contributed by atoms with E-state index in [1.807, 2.05) is 12.1 Å². The zero-order valence-corrected chi connectivity index (χ0v) is 34.5. The number of benzene rings is 10. The van der Waals surface area contributed by atoms with Crippen LogP contribution in [0.5, 0.6) is 0 Å². The average molecular weight is 804 g/mol. The number of rotatable bonds is 8. The third-order valence-electron chi connectivity index (χ3n) is 13.0. The standard InChI is InChI=1S/C61H41NO/c1-3-14-42(15-4-1)44-30-34-50(35-31-44)62(52-38-39-56-55-22-9-12-25-59(55)63-60(56)41-52)51-36-32-45(33-37-51)43-26-28-46(29-27-43)47-16-13-19-49(40-47)61(48-17-5-2-6-18-48)57-23-10-7-20-53(57)54-21-8-11-24-58(54)61/h1-41H. The van der Waals surface area contributed by atoms with Crippen molar-refractivity contribution in [3.63, 3.8) is 0 Å². The lowest BCUT2D eigenvalue weighted by atomic mass is 9.67. The Morgan fingerprint density at radius 1 is 0.286 bits per heavy atom. The Morgan fingerprint density at radius 2 is 0.730 bits per heavy atom. The van der Waals surface area contributed by atoms with Crippen molar-refractivity contribution in [2.75, 3.05) is 4.90 Å². The molecule has 0 saturated carbocycles. The maximum atomic E-state index is 6.37. The fourth-order valence-corrected chi connectivity index (χ4v) is 10.0. The Hall–Kier alpha value is -8.20. The second-order valence-corrected chi connectivity index (χ2v) is 16.4. The van der Waals surface area contributed by atoms with Crippen LogP contribution in [0.3, 0.4) is 0 Å². The smallest absolute Gasteiger partial charge is 0.137 e. The summed E-state index contributed by atoms with van der Waals surface area (Å²) < 4.78 is 6.37. The van der Waals surface area contributed by atoms with Gasteiger partial charge in [-0.2, -0.15) is 0 Å². The van der Waals surface area contributed by atoms with Gasteiger partial charge in [-0.25, -0.2) is 0 Å². The van der Waals surface area contributed by atoms with Gasteiger partial charge in [0, 0.05) is 33.9 Å². The number of furan rings is 1. The molecule has 2 nitrogen and oxygen atoms in total. The minimum Gasteiger partial charge on any atom is -0.456 e. The van der Waals surface area contributed by atoms with E-state index in [9.17, 15) is 0 Å². The molecule has 1 aromatic heterocycles. The van der Waals surface area contributed by atoms with Gasteiger partial charge < -0.3 is 9.32 Å². The summed E-state index contributed by atoms with van der Waals surface area (Å²) in [5.41, 5.74) is 19.4. The Balaban J connectivity index is 0.889. The molecule has 0 saturated heterocycles. The van der Waals surface area contributed by atoms with Gasteiger partial charge in [0.1, 0.15) is 11.2 Å². The van der Waals surface area contributed by atoms with E-state index >= 15 is 0 Å². The molecule has 12 rings (SSSR count). The number of fused-ring (bicyclic) bond motifs is 6. The molecular formula is C61H41NO. The van der Waals surface area contributed by atoms with Crippen molar-refractivity contribution in [1.82, 2.24) is 0 Å². The van der Waals surface area contributed by atoms with Gasteiger partial charge in [0.25, 0.3) is 0 Å². The summed E-state index contributed by atoms with van der Waals surface area (Å²) in [6.07, 6.45) is 0. The summed E-state index contributed by atoms with van der Waals surface area (Å²) in [5, 5.41) is 2.24. The minimum absolute atomic E-state index is 0.429.